The highest BCUT2D eigenvalue weighted by atomic mass is 32.1. The first-order chi connectivity index (χ1) is 14.5. The Morgan fingerprint density at radius 3 is 2.57 bits per heavy atom. The molecule has 2 aromatic carbocycles. The van der Waals surface area contributed by atoms with E-state index in [-0.39, 0.29) is 17.9 Å². The summed E-state index contributed by atoms with van der Waals surface area (Å²) >= 11 is 1.40. The van der Waals surface area contributed by atoms with Gasteiger partial charge >= 0.3 is 0 Å². The van der Waals surface area contributed by atoms with Crippen LogP contribution in [-0.4, -0.2) is 20.7 Å². The predicted octanol–water partition coefficient (Wildman–Crippen LogP) is 4.48. The summed E-state index contributed by atoms with van der Waals surface area (Å²) in [5.74, 6) is -0.119. The number of H-pyrrole nitrogens is 1. The Balaban J connectivity index is 1.47. The van der Waals surface area contributed by atoms with Crippen molar-refractivity contribution in [3.8, 4) is 16.4 Å². The largest absolute Gasteiger partial charge is 0.326 e. The summed E-state index contributed by atoms with van der Waals surface area (Å²) in [7, 11) is 0. The first-order valence-electron chi connectivity index (χ1n) is 9.69. The van der Waals surface area contributed by atoms with Crippen LogP contribution in [0.2, 0.25) is 0 Å². The summed E-state index contributed by atoms with van der Waals surface area (Å²) < 4.78 is 1.46. The van der Waals surface area contributed by atoms with Crippen molar-refractivity contribution in [1.82, 2.24) is 14.8 Å². The molecule has 0 aliphatic carbocycles. The second kappa shape index (κ2) is 8.51. The number of aromatic amines is 1. The Morgan fingerprint density at radius 1 is 1.10 bits per heavy atom. The topological polar surface area (TPSA) is 79.8 Å². The molecule has 0 fully saturated rings. The first-order valence-corrected chi connectivity index (χ1v) is 10.6. The van der Waals surface area contributed by atoms with E-state index >= 15 is 0 Å². The number of carbonyl (C=O) groups is 1. The fourth-order valence-corrected chi connectivity index (χ4v) is 4.01. The summed E-state index contributed by atoms with van der Waals surface area (Å²) in [6.45, 7) is 3.84. The van der Waals surface area contributed by atoms with Crippen LogP contribution in [0.4, 0.5) is 5.69 Å². The smallest absolute Gasteiger partial charge is 0.276 e. The van der Waals surface area contributed by atoms with Gasteiger partial charge in [-0.15, -0.1) is 11.3 Å². The highest BCUT2D eigenvalue weighted by Gasteiger charge is 2.16. The van der Waals surface area contributed by atoms with Crippen molar-refractivity contribution < 1.29 is 4.79 Å². The van der Waals surface area contributed by atoms with Gasteiger partial charge in [0.05, 0.1) is 5.69 Å². The van der Waals surface area contributed by atoms with E-state index in [1.807, 2.05) is 73.8 Å². The number of nitrogens with zero attached hydrogens (tertiary/aromatic N) is 2. The molecule has 0 radical (unpaired) electrons. The predicted molar refractivity (Wildman–Crippen MR) is 120 cm³/mol. The van der Waals surface area contributed by atoms with E-state index in [1.54, 1.807) is 0 Å². The third kappa shape index (κ3) is 4.26. The number of anilines is 1. The number of hydrogen-bond acceptors (Lipinski definition) is 4. The molecular formula is C23H22N4O2S. The van der Waals surface area contributed by atoms with Gasteiger partial charge in [0.1, 0.15) is 0 Å². The zero-order chi connectivity index (χ0) is 21.1. The van der Waals surface area contributed by atoms with E-state index in [0.29, 0.717) is 17.1 Å². The molecule has 7 heteroatoms. The minimum atomic E-state index is -0.162. The molecule has 2 N–H and O–H groups in total. The normalized spacial score (nSPS) is 10.9. The Hall–Kier alpha value is -3.45. The number of hydrogen-bond donors (Lipinski definition) is 2. The van der Waals surface area contributed by atoms with E-state index in [0.717, 1.165) is 28.2 Å². The number of nitrogens with one attached hydrogen (secondary N) is 2. The van der Waals surface area contributed by atoms with E-state index in [2.05, 4.69) is 15.4 Å². The zero-order valence-electron chi connectivity index (χ0n) is 16.8. The lowest BCUT2D eigenvalue weighted by molar-refractivity contribution is -0.116. The van der Waals surface area contributed by atoms with Crippen molar-refractivity contribution in [3.05, 3.63) is 87.2 Å². The van der Waals surface area contributed by atoms with E-state index < -0.39 is 0 Å². The minimum absolute atomic E-state index is 0.119. The van der Waals surface area contributed by atoms with Crippen molar-refractivity contribution in [2.45, 2.75) is 26.7 Å². The van der Waals surface area contributed by atoms with Gasteiger partial charge in [0, 0.05) is 34.3 Å². The summed E-state index contributed by atoms with van der Waals surface area (Å²) in [5, 5.41) is 8.48. The van der Waals surface area contributed by atoms with E-state index in [9.17, 15) is 9.59 Å². The van der Waals surface area contributed by atoms with E-state index in [4.69, 9.17) is 0 Å². The van der Waals surface area contributed by atoms with Crippen LogP contribution in [0.5, 0.6) is 0 Å². The lowest BCUT2D eigenvalue weighted by Crippen LogP contribution is -2.19. The van der Waals surface area contributed by atoms with Crippen molar-refractivity contribution >= 4 is 22.9 Å². The lowest BCUT2D eigenvalue weighted by atomic mass is 10.1. The van der Waals surface area contributed by atoms with Crippen LogP contribution in [-0.2, 0) is 11.2 Å². The summed E-state index contributed by atoms with van der Waals surface area (Å²) in [6.07, 6.45) is 0.595. The number of rotatable bonds is 6. The lowest BCUT2D eigenvalue weighted by Gasteiger charge is -2.05. The van der Waals surface area contributed by atoms with Gasteiger partial charge in [-0.25, -0.2) is 4.98 Å². The molecular weight excluding hydrogens is 396 g/mol. The van der Waals surface area contributed by atoms with Gasteiger partial charge in [-0.05, 0) is 32.4 Å². The molecule has 0 aliphatic rings. The average Bonchev–Trinajstić information content (AvgIpc) is 3.34. The molecule has 152 valence electrons. The Morgan fingerprint density at radius 2 is 1.83 bits per heavy atom. The second-order valence-electron chi connectivity index (χ2n) is 7.15. The van der Waals surface area contributed by atoms with Crippen LogP contribution < -0.4 is 10.9 Å². The number of amides is 1. The number of aromatic nitrogens is 3. The molecule has 0 aliphatic heterocycles. The maximum atomic E-state index is 12.9. The number of benzene rings is 2. The van der Waals surface area contributed by atoms with Gasteiger partial charge in [-0.2, -0.15) is 4.68 Å². The summed E-state index contributed by atoms with van der Waals surface area (Å²) in [4.78, 5) is 29.8. The monoisotopic (exact) mass is 418 g/mol. The molecule has 2 aromatic heterocycles. The summed E-state index contributed by atoms with van der Waals surface area (Å²) in [5.41, 5.74) is 4.91. The number of thiazole rings is 1. The van der Waals surface area contributed by atoms with Crippen LogP contribution in [0.3, 0.4) is 0 Å². The fourth-order valence-electron chi connectivity index (χ4n) is 3.22. The number of carbonyl (C=O) groups excluding carboxylic acids is 1. The van der Waals surface area contributed by atoms with Crippen LogP contribution in [0, 0.1) is 13.8 Å². The Labute approximate surface area is 178 Å². The van der Waals surface area contributed by atoms with Gasteiger partial charge in [-0.1, -0.05) is 48.0 Å². The molecule has 4 aromatic rings. The Bertz CT molecular complexity index is 1220. The van der Waals surface area contributed by atoms with Crippen LogP contribution >= 0.6 is 11.3 Å². The van der Waals surface area contributed by atoms with Gasteiger partial charge in [-0.3, -0.25) is 14.7 Å². The molecule has 1 amide bonds. The van der Waals surface area contributed by atoms with Crippen molar-refractivity contribution in [2.75, 3.05) is 5.32 Å². The molecule has 0 atom stereocenters. The van der Waals surface area contributed by atoms with Gasteiger partial charge < -0.3 is 5.32 Å². The maximum absolute atomic E-state index is 12.9. The average molecular weight is 419 g/mol. The highest BCUT2D eigenvalue weighted by molar-refractivity contribution is 7.12. The molecule has 2 heterocycles. The van der Waals surface area contributed by atoms with Gasteiger partial charge in [0.25, 0.3) is 5.56 Å². The third-order valence-corrected chi connectivity index (χ3v) is 5.71. The molecule has 0 unspecified atom stereocenters. The first kappa shape index (κ1) is 19.8. The zero-order valence-corrected chi connectivity index (χ0v) is 17.6. The molecule has 0 bridgehead atoms. The maximum Gasteiger partial charge on any atom is 0.276 e. The van der Waals surface area contributed by atoms with Crippen LogP contribution in [0.1, 0.15) is 23.2 Å². The second-order valence-corrected chi connectivity index (χ2v) is 7.99. The highest BCUT2D eigenvalue weighted by Crippen LogP contribution is 2.23. The summed E-state index contributed by atoms with van der Waals surface area (Å²) in [6, 6.07) is 17.5. The molecule has 30 heavy (non-hydrogen) atoms. The molecule has 0 spiro atoms. The van der Waals surface area contributed by atoms with Crippen molar-refractivity contribution in [2.24, 2.45) is 0 Å². The number of aryl methyl sites for hydroxylation is 2. The molecule has 0 saturated heterocycles. The van der Waals surface area contributed by atoms with Crippen molar-refractivity contribution in [1.29, 1.82) is 0 Å². The fraction of sp³-hybridized carbons (Fsp3) is 0.174. The van der Waals surface area contributed by atoms with Gasteiger partial charge in [0.2, 0.25) is 11.0 Å². The van der Waals surface area contributed by atoms with Crippen LogP contribution in [0.15, 0.2) is 64.8 Å². The molecule has 0 saturated carbocycles. The Kier molecular flexibility index (Phi) is 5.63. The third-order valence-electron chi connectivity index (χ3n) is 4.88. The standard InChI is InChI=1S/C23H22N4O2S/c1-15-8-10-18(11-9-15)24-21(28)13-12-19-16(2)26-27(22(19)29)23-25-20(14-30-23)17-6-4-3-5-7-17/h3-11,14,26H,12-13H2,1-2H3,(H,24,28). The van der Waals surface area contributed by atoms with E-state index in [1.165, 1.54) is 16.0 Å². The van der Waals surface area contributed by atoms with Crippen LogP contribution in [0.25, 0.3) is 16.4 Å². The molecule has 4 rings (SSSR count). The SMILES string of the molecule is Cc1ccc(NC(=O)CCc2c(C)[nH]n(-c3nc(-c4ccccc4)cs3)c2=O)cc1. The van der Waals surface area contributed by atoms with Gasteiger partial charge in [0.15, 0.2) is 0 Å². The van der Waals surface area contributed by atoms with Crippen molar-refractivity contribution in [3.63, 3.8) is 0 Å². The minimum Gasteiger partial charge on any atom is -0.326 e. The molecule has 6 nitrogen and oxygen atoms in total. The quantitative estimate of drug-likeness (QED) is 0.485.